The molecule has 3 N–H and O–H groups in total. The molecule has 34 heavy (non-hydrogen) atoms. The average molecular weight is 467 g/mol. The molecule has 7 heteroatoms. The predicted molar refractivity (Wildman–Crippen MR) is 131 cm³/mol. The van der Waals surface area contributed by atoms with E-state index in [1.54, 1.807) is 6.92 Å². The first-order valence-corrected chi connectivity index (χ1v) is 12.0. The van der Waals surface area contributed by atoms with Crippen LogP contribution in [0.3, 0.4) is 0 Å². The molecule has 2 aromatic rings. The minimum Gasteiger partial charge on any atom is -0.481 e. The van der Waals surface area contributed by atoms with Gasteiger partial charge in [0, 0.05) is 24.4 Å². The quantitative estimate of drug-likeness (QED) is 0.421. The summed E-state index contributed by atoms with van der Waals surface area (Å²) in [7, 11) is 0. The molecular formula is C27H34N2O5. The Kier molecular flexibility index (Phi) is 9.08. The van der Waals surface area contributed by atoms with Gasteiger partial charge in [-0.15, -0.1) is 0 Å². The summed E-state index contributed by atoms with van der Waals surface area (Å²) in [6.45, 7) is 4.33. The van der Waals surface area contributed by atoms with E-state index in [-0.39, 0.29) is 36.8 Å². The molecule has 1 aliphatic rings. The lowest BCUT2D eigenvalue weighted by Crippen LogP contribution is -2.40. The molecule has 0 fully saturated rings. The molecule has 1 aliphatic carbocycles. The second kappa shape index (κ2) is 12.2. The van der Waals surface area contributed by atoms with Gasteiger partial charge in [-0.3, -0.25) is 9.59 Å². The summed E-state index contributed by atoms with van der Waals surface area (Å²) < 4.78 is 5.52. The minimum absolute atomic E-state index is 0.00265. The predicted octanol–water partition coefficient (Wildman–Crippen LogP) is 4.70. The highest BCUT2D eigenvalue weighted by atomic mass is 16.5. The zero-order valence-corrected chi connectivity index (χ0v) is 19.9. The number of carbonyl (C=O) groups excluding carboxylic acids is 2. The Labute approximate surface area is 200 Å². The Morgan fingerprint density at radius 3 is 2.21 bits per heavy atom. The van der Waals surface area contributed by atoms with E-state index in [0.717, 1.165) is 24.0 Å². The summed E-state index contributed by atoms with van der Waals surface area (Å²) in [5, 5.41) is 14.6. The molecule has 0 saturated heterocycles. The smallest absolute Gasteiger partial charge is 0.407 e. The van der Waals surface area contributed by atoms with Gasteiger partial charge in [0.05, 0.1) is 6.42 Å². The topological polar surface area (TPSA) is 105 Å². The third-order valence-corrected chi connectivity index (χ3v) is 6.31. The van der Waals surface area contributed by atoms with Gasteiger partial charge in [-0.25, -0.2) is 4.79 Å². The lowest BCUT2D eigenvalue weighted by molar-refractivity contribution is -0.137. The molecule has 0 radical (unpaired) electrons. The highest BCUT2D eigenvalue weighted by Gasteiger charge is 2.29. The molecular weight excluding hydrogens is 432 g/mol. The number of hydrogen-bond acceptors (Lipinski definition) is 4. The summed E-state index contributed by atoms with van der Waals surface area (Å²) in [6.07, 6.45) is 2.27. The number of alkyl carbamates (subject to hydrolysis) is 1. The summed E-state index contributed by atoms with van der Waals surface area (Å²) in [5.74, 6) is -1.48. The van der Waals surface area contributed by atoms with E-state index in [2.05, 4.69) is 34.9 Å². The van der Waals surface area contributed by atoms with Crippen LogP contribution in [-0.2, 0) is 14.3 Å². The summed E-state index contributed by atoms with van der Waals surface area (Å²) >= 11 is 0. The fourth-order valence-electron chi connectivity index (χ4n) is 4.40. The van der Waals surface area contributed by atoms with Gasteiger partial charge >= 0.3 is 12.1 Å². The van der Waals surface area contributed by atoms with Crippen LogP contribution in [0.4, 0.5) is 4.79 Å². The van der Waals surface area contributed by atoms with Gasteiger partial charge in [0.15, 0.2) is 0 Å². The van der Waals surface area contributed by atoms with Crippen molar-refractivity contribution in [1.29, 1.82) is 0 Å². The lowest BCUT2D eigenvalue weighted by atomic mass is 9.98. The average Bonchev–Trinajstić information content (AvgIpc) is 3.14. The maximum atomic E-state index is 12.5. The third-order valence-electron chi connectivity index (χ3n) is 6.31. The number of carboxylic acids is 1. The van der Waals surface area contributed by atoms with Crippen LogP contribution in [0.25, 0.3) is 11.1 Å². The van der Waals surface area contributed by atoms with E-state index in [4.69, 9.17) is 9.84 Å². The molecule has 2 atom stereocenters. The fraction of sp³-hybridized carbons (Fsp3) is 0.444. The van der Waals surface area contributed by atoms with Crippen LogP contribution in [-0.4, -0.2) is 42.3 Å². The highest BCUT2D eigenvalue weighted by molar-refractivity contribution is 5.80. The fourth-order valence-corrected chi connectivity index (χ4v) is 4.40. The van der Waals surface area contributed by atoms with Crippen LogP contribution in [0.5, 0.6) is 0 Å². The first-order chi connectivity index (χ1) is 16.4. The van der Waals surface area contributed by atoms with E-state index in [9.17, 15) is 14.4 Å². The number of aliphatic carboxylic acids is 1. The van der Waals surface area contributed by atoms with Crippen molar-refractivity contribution in [3.8, 4) is 11.1 Å². The van der Waals surface area contributed by atoms with Gasteiger partial charge in [0.2, 0.25) is 5.91 Å². The van der Waals surface area contributed by atoms with Gasteiger partial charge in [0.25, 0.3) is 0 Å². The van der Waals surface area contributed by atoms with Crippen LogP contribution in [0, 0.1) is 5.92 Å². The van der Waals surface area contributed by atoms with Crippen molar-refractivity contribution in [2.45, 2.75) is 57.9 Å². The molecule has 0 saturated carbocycles. The van der Waals surface area contributed by atoms with E-state index >= 15 is 0 Å². The van der Waals surface area contributed by atoms with E-state index in [1.165, 1.54) is 11.1 Å². The first-order valence-electron chi connectivity index (χ1n) is 12.0. The number of fused-ring (bicyclic) bond motifs is 3. The number of nitrogens with one attached hydrogen (secondary N) is 2. The normalized spacial score (nSPS) is 13.9. The van der Waals surface area contributed by atoms with Crippen molar-refractivity contribution in [2.75, 3.05) is 13.2 Å². The molecule has 2 amide bonds. The zero-order valence-electron chi connectivity index (χ0n) is 19.9. The van der Waals surface area contributed by atoms with Gasteiger partial charge in [-0.1, -0.05) is 75.2 Å². The van der Waals surface area contributed by atoms with Crippen molar-refractivity contribution in [3.05, 3.63) is 59.7 Å². The molecule has 1 unspecified atom stereocenters. The van der Waals surface area contributed by atoms with E-state index in [1.807, 2.05) is 31.2 Å². The molecule has 3 rings (SSSR count). The monoisotopic (exact) mass is 466 g/mol. The maximum absolute atomic E-state index is 12.5. The second-order valence-corrected chi connectivity index (χ2v) is 8.89. The van der Waals surface area contributed by atoms with Crippen LogP contribution in [0.1, 0.15) is 63.0 Å². The number of benzene rings is 2. The zero-order chi connectivity index (χ0) is 24.5. The largest absolute Gasteiger partial charge is 0.481 e. The molecule has 0 spiro atoms. The summed E-state index contributed by atoms with van der Waals surface area (Å²) in [5.41, 5.74) is 4.65. The Hall–Kier alpha value is -3.35. The molecule has 182 valence electrons. The number of unbranched alkanes of at least 4 members (excludes halogenated alkanes) is 1. The Morgan fingerprint density at radius 2 is 1.62 bits per heavy atom. The van der Waals surface area contributed by atoms with Crippen LogP contribution in [0.2, 0.25) is 0 Å². The lowest BCUT2D eigenvalue weighted by Gasteiger charge is -2.20. The molecule has 2 aromatic carbocycles. The third kappa shape index (κ3) is 6.59. The number of ether oxygens (including phenoxy) is 1. The number of carbonyl (C=O) groups is 3. The van der Waals surface area contributed by atoms with E-state index in [0.29, 0.717) is 19.4 Å². The number of hydrogen-bond donors (Lipinski definition) is 3. The maximum Gasteiger partial charge on any atom is 0.407 e. The second-order valence-electron chi connectivity index (χ2n) is 8.89. The molecule has 0 bridgehead atoms. The van der Waals surface area contributed by atoms with Crippen molar-refractivity contribution < 1.29 is 24.2 Å². The Balaban J connectivity index is 1.44. The van der Waals surface area contributed by atoms with Crippen LogP contribution >= 0.6 is 0 Å². The van der Waals surface area contributed by atoms with Gasteiger partial charge in [-0.2, -0.15) is 0 Å². The van der Waals surface area contributed by atoms with Crippen molar-refractivity contribution in [1.82, 2.24) is 10.6 Å². The summed E-state index contributed by atoms with van der Waals surface area (Å²) in [6, 6.07) is 15.9. The van der Waals surface area contributed by atoms with Gasteiger partial charge in [0.1, 0.15) is 6.61 Å². The van der Waals surface area contributed by atoms with E-state index < -0.39 is 12.1 Å². The Bertz CT molecular complexity index is 961. The number of carboxylic acid groups (broad SMARTS) is 1. The van der Waals surface area contributed by atoms with Crippen LogP contribution < -0.4 is 10.6 Å². The molecule has 0 aromatic heterocycles. The molecule has 7 nitrogen and oxygen atoms in total. The van der Waals surface area contributed by atoms with Gasteiger partial charge < -0.3 is 20.5 Å². The van der Waals surface area contributed by atoms with Crippen LogP contribution in [0.15, 0.2) is 48.5 Å². The molecule has 0 aliphatic heterocycles. The standard InChI is InChI=1S/C27H34N2O5/c1-3-4-9-19(16-25(30)31)29-26(32)18(2)14-15-28-27(33)34-17-24-22-12-7-5-10-20(22)21-11-6-8-13-23(21)24/h5-8,10-13,18-19,24H,3-4,9,14-17H2,1-2H3,(H,28,33)(H,29,32)(H,30,31)/t18?,19-/m1/s1. The molecule has 0 heterocycles. The van der Waals surface area contributed by atoms with Gasteiger partial charge in [-0.05, 0) is 35.1 Å². The number of amides is 2. The SMILES string of the molecule is CCCC[C@H](CC(=O)O)NC(=O)C(C)CCNC(=O)OCC1c2ccccc2-c2ccccc21. The number of rotatable bonds is 12. The minimum atomic E-state index is -0.925. The highest BCUT2D eigenvalue weighted by Crippen LogP contribution is 2.44. The van der Waals surface area contributed by atoms with Crippen molar-refractivity contribution in [3.63, 3.8) is 0 Å². The Morgan fingerprint density at radius 1 is 1.00 bits per heavy atom. The first kappa shape index (κ1) is 25.3. The van der Waals surface area contributed by atoms with Crippen molar-refractivity contribution >= 4 is 18.0 Å². The summed E-state index contributed by atoms with van der Waals surface area (Å²) in [4.78, 5) is 35.8. The van der Waals surface area contributed by atoms with Crippen molar-refractivity contribution in [2.24, 2.45) is 5.92 Å².